The smallest absolute Gasteiger partial charge is 0.429 e. The van der Waals surface area contributed by atoms with Crippen molar-refractivity contribution < 1.29 is 39.9 Å². The minimum Gasteiger partial charge on any atom is -0.429 e. The van der Waals surface area contributed by atoms with Crippen LogP contribution < -0.4 is 4.74 Å². The highest BCUT2D eigenvalue weighted by Crippen LogP contribution is 2.37. The zero-order valence-corrected chi connectivity index (χ0v) is 17.8. The Labute approximate surface area is 194 Å². The number of hydrogen-bond donors (Lipinski definition) is 0. The molecule has 35 heavy (non-hydrogen) atoms. The van der Waals surface area contributed by atoms with Gasteiger partial charge in [0.1, 0.15) is 17.1 Å². The van der Waals surface area contributed by atoms with Crippen molar-refractivity contribution in [2.45, 2.75) is 13.0 Å². The zero-order valence-electron chi connectivity index (χ0n) is 17.8. The Morgan fingerprint density at radius 1 is 0.571 bits per heavy atom. The maximum absolute atomic E-state index is 14.7. The van der Waals surface area contributed by atoms with Crippen molar-refractivity contribution in [1.82, 2.24) is 0 Å². The molecule has 0 fully saturated rings. The van der Waals surface area contributed by atoms with Crippen molar-refractivity contribution >= 4 is 0 Å². The summed E-state index contributed by atoms with van der Waals surface area (Å²) in [7, 11) is 0. The fourth-order valence-electron chi connectivity index (χ4n) is 3.47. The predicted octanol–water partition coefficient (Wildman–Crippen LogP) is 8.29. The van der Waals surface area contributed by atoms with Crippen molar-refractivity contribution in [3.63, 3.8) is 0 Å². The van der Waals surface area contributed by atoms with Crippen LogP contribution in [-0.4, -0.2) is 0 Å². The van der Waals surface area contributed by atoms with Gasteiger partial charge >= 0.3 is 6.11 Å². The third kappa shape index (κ3) is 4.71. The molecular weight excluding hydrogens is 480 g/mol. The summed E-state index contributed by atoms with van der Waals surface area (Å²) in [6, 6.07) is 12.0. The molecule has 0 saturated carbocycles. The van der Waals surface area contributed by atoms with Crippen LogP contribution in [0.3, 0.4) is 0 Å². The molecule has 4 rings (SSSR count). The molecule has 0 aliphatic heterocycles. The fraction of sp³-hybridized carbons (Fsp3) is 0.0769. The van der Waals surface area contributed by atoms with Crippen LogP contribution in [0.15, 0.2) is 66.7 Å². The van der Waals surface area contributed by atoms with Crippen molar-refractivity contribution in [2.24, 2.45) is 0 Å². The summed E-state index contributed by atoms with van der Waals surface area (Å²) >= 11 is 0. The number of rotatable bonds is 5. The van der Waals surface area contributed by atoms with Crippen LogP contribution in [-0.2, 0) is 6.11 Å². The molecule has 0 spiro atoms. The maximum Gasteiger partial charge on any atom is 0.429 e. The van der Waals surface area contributed by atoms with Gasteiger partial charge < -0.3 is 4.74 Å². The first-order valence-corrected chi connectivity index (χ1v) is 10.0. The first-order chi connectivity index (χ1) is 16.5. The monoisotopic (exact) mass is 494 g/mol. The van der Waals surface area contributed by atoms with Crippen LogP contribution in [0.1, 0.15) is 11.1 Å². The van der Waals surface area contributed by atoms with E-state index in [1.165, 1.54) is 30.3 Å². The minimum absolute atomic E-state index is 0.121. The van der Waals surface area contributed by atoms with Gasteiger partial charge in [-0.1, -0.05) is 42.5 Å². The number of ether oxygens (including phenoxy) is 1. The van der Waals surface area contributed by atoms with E-state index in [0.717, 1.165) is 11.6 Å². The molecule has 4 aromatic carbocycles. The molecule has 0 amide bonds. The van der Waals surface area contributed by atoms with Gasteiger partial charge in [-0.2, -0.15) is 8.78 Å². The number of halogens is 8. The first kappa shape index (κ1) is 24.3. The summed E-state index contributed by atoms with van der Waals surface area (Å²) in [5, 5.41) is 0. The van der Waals surface area contributed by atoms with Crippen LogP contribution in [0.4, 0.5) is 35.1 Å². The number of benzene rings is 4. The summed E-state index contributed by atoms with van der Waals surface area (Å²) in [4.78, 5) is 0. The van der Waals surface area contributed by atoms with Gasteiger partial charge in [0.05, 0.1) is 0 Å². The average Bonchev–Trinajstić information content (AvgIpc) is 2.79. The Balaban J connectivity index is 1.64. The highest BCUT2D eigenvalue weighted by Gasteiger charge is 2.40. The van der Waals surface area contributed by atoms with Gasteiger partial charge in [-0.25, -0.2) is 26.3 Å². The highest BCUT2D eigenvalue weighted by molar-refractivity contribution is 5.71. The van der Waals surface area contributed by atoms with Crippen molar-refractivity contribution in [3.05, 3.63) is 113 Å². The van der Waals surface area contributed by atoms with Gasteiger partial charge in [-0.15, -0.1) is 0 Å². The zero-order chi connectivity index (χ0) is 25.5. The Morgan fingerprint density at radius 2 is 1.11 bits per heavy atom. The van der Waals surface area contributed by atoms with E-state index in [0.29, 0.717) is 11.6 Å². The topological polar surface area (TPSA) is 9.23 Å². The Kier molecular flexibility index (Phi) is 6.27. The predicted molar refractivity (Wildman–Crippen MR) is 113 cm³/mol. The third-order valence-electron chi connectivity index (χ3n) is 5.23. The molecule has 0 bridgehead atoms. The van der Waals surface area contributed by atoms with E-state index in [-0.39, 0.29) is 28.8 Å². The molecule has 1 nitrogen and oxygen atoms in total. The van der Waals surface area contributed by atoms with E-state index in [4.69, 9.17) is 0 Å². The molecule has 0 unspecified atom stereocenters. The molecule has 0 aliphatic rings. The lowest BCUT2D eigenvalue weighted by Gasteiger charge is -2.20. The third-order valence-corrected chi connectivity index (χ3v) is 5.23. The molecule has 4 aromatic rings. The lowest BCUT2D eigenvalue weighted by molar-refractivity contribution is -0.187. The van der Waals surface area contributed by atoms with Crippen LogP contribution in [0.2, 0.25) is 0 Å². The van der Waals surface area contributed by atoms with Gasteiger partial charge in [0.25, 0.3) is 0 Å². The van der Waals surface area contributed by atoms with E-state index in [9.17, 15) is 35.1 Å². The summed E-state index contributed by atoms with van der Waals surface area (Å²) in [5.41, 5.74) is -0.316. The van der Waals surface area contributed by atoms with E-state index in [2.05, 4.69) is 4.74 Å². The molecule has 0 N–H and O–H groups in total. The Morgan fingerprint density at radius 3 is 1.69 bits per heavy atom. The molecule has 0 radical (unpaired) electrons. The standard InChI is InChI=1S/C26H14F8O/c1-13-2-7-17(20(27)10-13)14-3-5-15(6-4-14)18-8-9-19(24(31)23(18)30)26(33,34)35-16-11-21(28)25(32)22(29)12-16/h2-12H,1H3. The molecule has 0 heterocycles. The molecule has 0 saturated heterocycles. The lowest BCUT2D eigenvalue weighted by Crippen LogP contribution is -2.24. The minimum atomic E-state index is -4.55. The quantitative estimate of drug-likeness (QED) is 0.200. The van der Waals surface area contributed by atoms with Gasteiger partial charge in [0.2, 0.25) is 0 Å². The average molecular weight is 494 g/mol. The second-order valence-corrected chi connectivity index (χ2v) is 7.67. The maximum atomic E-state index is 14.7. The van der Waals surface area contributed by atoms with Crippen LogP contribution in [0, 0.1) is 41.8 Å². The number of alkyl halides is 2. The molecule has 0 atom stereocenters. The van der Waals surface area contributed by atoms with E-state index in [1.54, 1.807) is 19.1 Å². The Bertz CT molecular complexity index is 1390. The summed E-state index contributed by atoms with van der Waals surface area (Å²) in [6.45, 7) is 1.72. The number of aryl methyl sites for hydroxylation is 1. The van der Waals surface area contributed by atoms with Crippen LogP contribution in [0.5, 0.6) is 5.75 Å². The molecule has 0 aromatic heterocycles. The normalized spacial score (nSPS) is 11.6. The largest absolute Gasteiger partial charge is 0.429 e. The van der Waals surface area contributed by atoms with E-state index >= 15 is 0 Å². The van der Waals surface area contributed by atoms with Gasteiger partial charge in [0.15, 0.2) is 29.1 Å². The second-order valence-electron chi connectivity index (χ2n) is 7.67. The first-order valence-electron chi connectivity index (χ1n) is 10.0. The summed E-state index contributed by atoms with van der Waals surface area (Å²) in [5.74, 6) is -10.7. The van der Waals surface area contributed by atoms with Crippen molar-refractivity contribution in [2.75, 3.05) is 0 Å². The number of hydrogen-bond acceptors (Lipinski definition) is 1. The fourth-order valence-corrected chi connectivity index (χ4v) is 3.47. The van der Waals surface area contributed by atoms with Crippen LogP contribution in [0.25, 0.3) is 22.3 Å². The molecule has 0 aliphatic carbocycles. The van der Waals surface area contributed by atoms with Crippen molar-refractivity contribution in [3.8, 4) is 28.0 Å². The van der Waals surface area contributed by atoms with Crippen molar-refractivity contribution in [1.29, 1.82) is 0 Å². The van der Waals surface area contributed by atoms with E-state index in [1.807, 2.05) is 0 Å². The summed E-state index contributed by atoms with van der Waals surface area (Å²) < 4.78 is 116. The van der Waals surface area contributed by atoms with Gasteiger partial charge in [-0.05, 0) is 35.7 Å². The van der Waals surface area contributed by atoms with Crippen LogP contribution >= 0.6 is 0 Å². The van der Waals surface area contributed by atoms with Gasteiger partial charge in [0, 0.05) is 23.3 Å². The Hall–Kier alpha value is -3.88. The summed E-state index contributed by atoms with van der Waals surface area (Å²) in [6.07, 6.45) is -4.55. The molecule has 9 heteroatoms. The SMILES string of the molecule is Cc1ccc(-c2ccc(-c3ccc(C(F)(F)Oc4cc(F)c(F)c(F)c4)c(F)c3F)cc2)c(F)c1. The highest BCUT2D eigenvalue weighted by atomic mass is 19.3. The lowest BCUT2D eigenvalue weighted by atomic mass is 9.98. The molecular formula is C26H14F8O. The second kappa shape index (κ2) is 9.05. The molecule has 180 valence electrons. The van der Waals surface area contributed by atoms with E-state index < -0.39 is 52.3 Å². The van der Waals surface area contributed by atoms with Gasteiger partial charge in [-0.3, -0.25) is 0 Å².